The molecular weight excluding hydrogens is 1080 g/mol. The zero-order valence-electron chi connectivity index (χ0n) is 47.3. The lowest BCUT2D eigenvalue weighted by molar-refractivity contribution is -0.144. The van der Waals surface area contributed by atoms with Crippen molar-refractivity contribution in [2.24, 2.45) is 34.0 Å². The minimum atomic E-state index is -1.83. The molecule has 1 aliphatic rings. The van der Waals surface area contributed by atoms with Crippen molar-refractivity contribution >= 4 is 71.1 Å². The third kappa shape index (κ3) is 25.5. The molecule has 0 saturated carbocycles. The van der Waals surface area contributed by atoms with Crippen LogP contribution in [0.4, 0.5) is 0 Å². The lowest BCUT2D eigenvalue weighted by Gasteiger charge is -2.29. The number of carbonyl (C=O) groups is 11. The summed E-state index contributed by atoms with van der Waals surface area (Å²) in [5.41, 5.74) is 17.7. The first-order chi connectivity index (χ1) is 39.3. The molecule has 19 N–H and O–H groups in total. The molecule has 1 heterocycles. The summed E-state index contributed by atoms with van der Waals surface area (Å²) < 4.78 is 0. The molecule has 1 fully saturated rings. The highest BCUT2D eigenvalue weighted by atomic mass is 16.4. The third-order valence-electron chi connectivity index (χ3n) is 13.3. The van der Waals surface area contributed by atoms with Crippen LogP contribution < -0.4 is 65.1 Å². The van der Waals surface area contributed by atoms with E-state index in [0.29, 0.717) is 43.5 Å². The molecule has 2 aromatic rings. The summed E-state index contributed by atoms with van der Waals surface area (Å²) in [6.07, 6.45) is -0.324. The monoisotopic (exact) mass is 1170 g/mol. The molecule has 0 aliphatic carbocycles. The number of carboxylic acids is 3. The van der Waals surface area contributed by atoms with Crippen molar-refractivity contribution in [2.75, 3.05) is 19.6 Å². The quantitative estimate of drug-likeness (QED) is 0.0200. The van der Waals surface area contributed by atoms with Gasteiger partial charge in [0.15, 0.2) is 5.96 Å². The summed E-state index contributed by atoms with van der Waals surface area (Å²) in [4.78, 5) is 152. The van der Waals surface area contributed by atoms with Gasteiger partial charge in [0, 0.05) is 25.8 Å². The normalized spacial score (nSPS) is 15.8. The van der Waals surface area contributed by atoms with E-state index in [1.54, 1.807) is 44.2 Å². The Morgan fingerprint density at radius 3 is 1.55 bits per heavy atom. The Hall–Kier alpha value is -8.40. The van der Waals surface area contributed by atoms with Crippen molar-refractivity contribution in [3.05, 3.63) is 65.7 Å². The lowest BCUT2D eigenvalue weighted by Crippen LogP contribution is -2.61. The molecule has 8 amide bonds. The molecule has 1 saturated heterocycles. The number of hydrogen-bond donors (Lipinski definition) is 16. The maximum Gasteiger partial charge on any atom is 0.326 e. The van der Waals surface area contributed by atoms with E-state index in [0.717, 1.165) is 6.42 Å². The molecule has 0 aromatic heterocycles. The number of carbonyl (C=O) groups excluding carboxylic acids is 8. The molecule has 0 bridgehead atoms. The van der Waals surface area contributed by atoms with Crippen molar-refractivity contribution < 1.29 is 73.2 Å². The maximum absolute atomic E-state index is 14.7. The van der Waals surface area contributed by atoms with Crippen LogP contribution in [0.15, 0.2) is 59.6 Å². The van der Waals surface area contributed by atoms with Gasteiger partial charge in [-0.25, -0.2) is 4.79 Å². The van der Waals surface area contributed by atoms with Gasteiger partial charge in [-0.3, -0.25) is 52.9 Å². The summed E-state index contributed by atoms with van der Waals surface area (Å²) in [5, 5.41) is 62.6. The van der Waals surface area contributed by atoms with Gasteiger partial charge in [-0.15, -0.1) is 0 Å². The Kier molecular flexibility index (Phi) is 29.4. The van der Waals surface area contributed by atoms with Gasteiger partial charge in [0.2, 0.25) is 47.3 Å². The Balaban J connectivity index is 2.02. The molecule has 0 spiro atoms. The fourth-order valence-electron chi connectivity index (χ4n) is 8.88. The fraction of sp³-hybridized carbons (Fsp3) is 0.564. The van der Waals surface area contributed by atoms with Gasteiger partial charge in [0.1, 0.15) is 54.1 Å². The standard InChI is InChI=1S/C55H83N13O15/c1-30(2)26-39(64-49(77)38(21-22-43(70)71)63-47(75)36(14-8-9-23-56)61-46(74)35-15-10-24-59-35)50(78)62-37(16-11-25-60-55(57)58)48(76)65-41(28-33-17-19-34(69)20-18-33)51(79)66-40(27-32-12-6-5-7-13-32)52(80)67-42(29-44(72)73)53(81)68-45(31(3)4)54(82)83/h5-7,12-13,17-20,30-31,35-42,45,59,69H,8-11,14-16,21-29,56H2,1-4H3,(H,61,74)(H,62,78)(H,63,75)(H,64,77)(H,65,76)(H,66,79)(H,67,80)(H,68,81)(H,70,71)(H,72,73)(H,82,83)(H4,57,58,60)/t35-,36-,37-,38-,39-,40-,41-,42-,45-/m0/s1. The van der Waals surface area contributed by atoms with E-state index in [1.165, 1.54) is 38.1 Å². The summed E-state index contributed by atoms with van der Waals surface area (Å²) >= 11 is 0. The summed E-state index contributed by atoms with van der Waals surface area (Å²) in [6.45, 7) is 7.37. The van der Waals surface area contributed by atoms with Crippen LogP contribution in [0.25, 0.3) is 0 Å². The molecule has 28 heteroatoms. The SMILES string of the molecule is CC(C)C[C@H](NC(=O)[C@H](CCC(=O)O)NC(=O)[C@H](CCCCN)NC(=O)[C@@H]1CCCN1)C(=O)N[C@@H](CCCN=C(N)N)C(=O)N[C@@H](Cc1ccc(O)cc1)C(=O)N[C@@H](Cc1ccccc1)C(=O)N[C@@H](CC(=O)O)C(=O)N[C@H](C(=O)O)C(C)C. The van der Waals surface area contributed by atoms with Gasteiger partial charge < -0.3 is 85.5 Å². The number of nitrogens with zero attached hydrogens (tertiary/aromatic N) is 1. The fourth-order valence-corrected chi connectivity index (χ4v) is 8.88. The number of unbranched alkanes of at least 4 members (excludes halogenated alkanes) is 1. The highest BCUT2D eigenvalue weighted by Gasteiger charge is 2.37. The number of carboxylic acid groups (broad SMARTS) is 3. The third-order valence-corrected chi connectivity index (χ3v) is 13.3. The molecule has 0 radical (unpaired) electrons. The average Bonchev–Trinajstić information content (AvgIpc) is 4.08. The van der Waals surface area contributed by atoms with Crippen LogP contribution in [-0.4, -0.2) is 166 Å². The first kappa shape index (κ1) is 68.9. The largest absolute Gasteiger partial charge is 0.508 e. The summed E-state index contributed by atoms with van der Waals surface area (Å²) in [5.74, 6) is -12.8. The van der Waals surface area contributed by atoms with E-state index in [1.807, 2.05) is 0 Å². The predicted molar refractivity (Wildman–Crippen MR) is 302 cm³/mol. The first-order valence-corrected chi connectivity index (χ1v) is 27.7. The number of benzene rings is 2. The number of aliphatic imine (C=N–C) groups is 1. The molecule has 28 nitrogen and oxygen atoms in total. The topological polar surface area (TPSA) is 467 Å². The molecule has 3 rings (SSSR count). The van der Waals surface area contributed by atoms with Crippen LogP contribution >= 0.6 is 0 Å². The highest BCUT2D eigenvalue weighted by molar-refractivity contribution is 5.99. The first-order valence-electron chi connectivity index (χ1n) is 27.7. The number of phenolic OH excluding ortho intramolecular Hbond substituents is 1. The number of amides is 8. The number of rotatable bonds is 37. The molecule has 1 aliphatic heterocycles. The van der Waals surface area contributed by atoms with Crippen molar-refractivity contribution in [3.63, 3.8) is 0 Å². The van der Waals surface area contributed by atoms with Crippen LogP contribution in [0.3, 0.4) is 0 Å². The smallest absolute Gasteiger partial charge is 0.326 e. The molecule has 2 aromatic carbocycles. The van der Waals surface area contributed by atoms with Crippen LogP contribution in [0, 0.1) is 11.8 Å². The Morgan fingerprint density at radius 1 is 0.578 bits per heavy atom. The van der Waals surface area contributed by atoms with Gasteiger partial charge in [0.05, 0.1) is 12.5 Å². The van der Waals surface area contributed by atoms with E-state index >= 15 is 0 Å². The number of nitrogens with one attached hydrogen (secondary N) is 9. The number of nitrogens with two attached hydrogens (primary N) is 3. The van der Waals surface area contributed by atoms with E-state index in [-0.39, 0.29) is 62.7 Å². The Bertz CT molecular complexity index is 2540. The van der Waals surface area contributed by atoms with Gasteiger partial charge in [-0.05, 0) is 106 Å². The van der Waals surface area contributed by atoms with Crippen molar-refractivity contribution in [1.29, 1.82) is 0 Å². The van der Waals surface area contributed by atoms with Crippen LogP contribution in [0.2, 0.25) is 0 Å². The van der Waals surface area contributed by atoms with Gasteiger partial charge >= 0.3 is 17.9 Å². The molecule has 458 valence electrons. The predicted octanol–water partition coefficient (Wildman–Crippen LogP) is -1.88. The molecular formula is C55H83N13O15. The molecule has 9 atom stereocenters. The highest BCUT2D eigenvalue weighted by Crippen LogP contribution is 2.16. The van der Waals surface area contributed by atoms with E-state index in [4.69, 9.17) is 17.2 Å². The minimum absolute atomic E-state index is 0.0348. The van der Waals surface area contributed by atoms with Crippen LogP contribution in [0.1, 0.15) is 109 Å². The number of aromatic hydroxyl groups is 1. The molecule has 0 unspecified atom stereocenters. The Labute approximate surface area is 481 Å². The number of phenols is 1. The van der Waals surface area contributed by atoms with Crippen molar-refractivity contribution in [2.45, 2.75) is 166 Å². The maximum atomic E-state index is 14.7. The zero-order valence-corrected chi connectivity index (χ0v) is 47.3. The molecule has 83 heavy (non-hydrogen) atoms. The average molecular weight is 1170 g/mol. The van der Waals surface area contributed by atoms with E-state index < -0.39 is 145 Å². The van der Waals surface area contributed by atoms with Gasteiger partial charge in [0.25, 0.3) is 0 Å². The lowest BCUT2D eigenvalue weighted by atomic mass is 10.00. The summed E-state index contributed by atoms with van der Waals surface area (Å²) in [7, 11) is 0. The second kappa shape index (κ2) is 35.5. The Morgan fingerprint density at radius 2 is 1.06 bits per heavy atom. The van der Waals surface area contributed by atoms with Crippen LogP contribution in [0.5, 0.6) is 5.75 Å². The van der Waals surface area contributed by atoms with Gasteiger partial charge in [-0.1, -0.05) is 70.2 Å². The summed E-state index contributed by atoms with van der Waals surface area (Å²) in [6, 6.07) is 1.20. The second-order valence-electron chi connectivity index (χ2n) is 21.1. The second-order valence-corrected chi connectivity index (χ2v) is 21.1. The van der Waals surface area contributed by atoms with Crippen LogP contribution in [-0.2, 0) is 65.6 Å². The minimum Gasteiger partial charge on any atom is -0.508 e. The van der Waals surface area contributed by atoms with Crippen molar-refractivity contribution in [1.82, 2.24) is 47.9 Å². The van der Waals surface area contributed by atoms with E-state index in [2.05, 4.69) is 52.8 Å². The zero-order chi connectivity index (χ0) is 61.8. The number of hydrogen-bond acceptors (Lipinski definition) is 15. The van der Waals surface area contributed by atoms with Crippen molar-refractivity contribution in [3.8, 4) is 5.75 Å². The number of aliphatic carboxylic acids is 3. The van der Waals surface area contributed by atoms with Gasteiger partial charge in [-0.2, -0.15) is 0 Å². The van der Waals surface area contributed by atoms with E-state index in [9.17, 15) is 73.2 Å². The number of guanidine groups is 1.